The van der Waals surface area contributed by atoms with Gasteiger partial charge in [0.25, 0.3) is 0 Å². The Labute approximate surface area is 112 Å². The minimum absolute atomic E-state index is 0.0632. The SMILES string of the molecule is CCC(CC)(C(=O)O)C(=O)ONC(=O)OC(C)(C)C. The summed E-state index contributed by atoms with van der Waals surface area (Å²) in [4.78, 5) is 38.7. The lowest BCUT2D eigenvalue weighted by Gasteiger charge is -2.24. The van der Waals surface area contributed by atoms with Crippen molar-refractivity contribution < 1.29 is 29.1 Å². The van der Waals surface area contributed by atoms with Gasteiger partial charge in [0.2, 0.25) is 0 Å². The summed E-state index contributed by atoms with van der Waals surface area (Å²) in [6, 6.07) is 0. The summed E-state index contributed by atoms with van der Waals surface area (Å²) in [7, 11) is 0. The molecule has 0 aliphatic carbocycles. The Morgan fingerprint density at radius 3 is 1.89 bits per heavy atom. The van der Waals surface area contributed by atoms with Crippen LogP contribution in [-0.2, 0) is 19.2 Å². The third kappa shape index (κ3) is 4.76. The molecule has 2 N–H and O–H groups in total. The lowest BCUT2D eigenvalue weighted by molar-refractivity contribution is -0.174. The molecule has 0 aliphatic heterocycles. The maximum atomic E-state index is 11.8. The van der Waals surface area contributed by atoms with Crippen molar-refractivity contribution >= 4 is 18.0 Å². The predicted octanol–water partition coefficient (Wildman–Crippen LogP) is 1.86. The molecule has 0 atom stereocenters. The van der Waals surface area contributed by atoms with Crippen LogP contribution in [0.5, 0.6) is 0 Å². The second-order valence-electron chi connectivity index (χ2n) is 5.09. The highest BCUT2D eigenvalue weighted by atomic mass is 16.7. The van der Waals surface area contributed by atoms with Crippen molar-refractivity contribution in [3.05, 3.63) is 0 Å². The van der Waals surface area contributed by atoms with Gasteiger partial charge >= 0.3 is 18.0 Å². The van der Waals surface area contributed by atoms with Crippen molar-refractivity contribution in [3.8, 4) is 0 Å². The summed E-state index contributed by atoms with van der Waals surface area (Å²) in [5.41, 5.74) is -0.604. The minimum Gasteiger partial charge on any atom is -0.480 e. The van der Waals surface area contributed by atoms with Crippen LogP contribution in [0.25, 0.3) is 0 Å². The Balaban J connectivity index is 4.61. The smallest absolute Gasteiger partial charge is 0.441 e. The first kappa shape index (κ1) is 17.2. The van der Waals surface area contributed by atoms with Crippen LogP contribution in [0.4, 0.5) is 4.79 Å². The van der Waals surface area contributed by atoms with Crippen LogP contribution in [0.15, 0.2) is 0 Å². The van der Waals surface area contributed by atoms with Gasteiger partial charge in [0, 0.05) is 0 Å². The molecule has 1 amide bonds. The van der Waals surface area contributed by atoms with Crippen LogP contribution in [-0.4, -0.2) is 28.7 Å². The minimum atomic E-state index is -1.66. The van der Waals surface area contributed by atoms with Gasteiger partial charge in [0.1, 0.15) is 5.60 Å². The monoisotopic (exact) mass is 275 g/mol. The molecule has 7 nitrogen and oxygen atoms in total. The van der Waals surface area contributed by atoms with E-state index in [4.69, 9.17) is 9.84 Å². The molecule has 19 heavy (non-hydrogen) atoms. The summed E-state index contributed by atoms with van der Waals surface area (Å²) in [5.74, 6) is -2.30. The Hall–Kier alpha value is -1.79. The van der Waals surface area contributed by atoms with E-state index >= 15 is 0 Å². The number of amides is 1. The second-order valence-corrected chi connectivity index (χ2v) is 5.09. The quantitative estimate of drug-likeness (QED) is 0.599. The van der Waals surface area contributed by atoms with E-state index in [0.717, 1.165) is 0 Å². The number of rotatable bonds is 4. The van der Waals surface area contributed by atoms with Gasteiger partial charge < -0.3 is 14.7 Å². The van der Waals surface area contributed by atoms with Crippen molar-refractivity contribution in [1.29, 1.82) is 0 Å². The molecule has 7 heteroatoms. The van der Waals surface area contributed by atoms with E-state index in [1.807, 2.05) is 0 Å². The molecular weight excluding hydrogens is 254 g/mol. The molecule has 0 aliphatic rings. The average Bonchev–Trinajstić information content (AvgIpc) is 2.26. The maximum Gasteiger partial charge on any atom is 0.441 e. The van der Waals surface area contributed by atoms with E-state index in [2.05, 4.69) is 4.84 Å². The van der Waals surface area contributed by atoms with E-state index in [-0.39, 0.29) is 12.8 Å². The Morgan fingerprint density at radius 2 is 1.58 bits per heavy atom. The fourth-order valence-corrected chi connectivity index (χ4v) is 1.41. The molecule has 0 bridgehead atoms. The molecule has 110 valence electrons. The standard InChI is InChI=1S/C12H21NO6/c1-6-12(7-2,8(14)15)9(16)19-13-10(17)18-11(3,4)5/h6-7H2,1-5H3,(H,13,17)(H,14,15). The first-order valence-corrected chi connectivity index (χ1v) is 6.02. The predicted molar refractivity (Wildman–Crippen MR) is 66.1 cm³/mol. The Bertz CT molecular complexity index is 354. The summed E-state index contributed by atoms with van der Waals surface area (Å²) >= 11 is 0. The topological polar surface area (TPSA) is 102 Å². The van der Waals surface area contributed by atoms with E-state index in [1.165, 1.54) is 0 Å². The van der Waals surface area contributed by atoms with Crippen molar-refractivity contribution in [2.75, 3.05) is 0 Å². The number of nitrogens with one attached hydrogen (secondary N) is 1. The van der Waals surface area contributed by atoms with Crippen LogP contribution in [0, 0.1) is 5.41 Å². The van der Waals surface area contributed by atoms with E-state index in [9.17, 15) is 14.4 Å². The molecule has 0 unspecified atom stereocenters. The number of carbonyl (C=O) groups excluding carboxylic acids is 2. The highest BCUT2D eigenvalue weighted by molar-refractivity contribution is 5.99. The van der Waals surface area contributed by atoms with Crippen LogP contribution in [0.2, 0.25) is 0 Å². The normalized spacial score (nSPS) is 11.6. The van der Waals surface area contributed by atoms with E-state index in [1.54, 1.807) is 40.1 Å². The van der Waals surface area contributed by atoms with Gasteiger partial charge in [-0.05, 0) is 33.6 Å². The third-order valence-electron chi connectivity index (χ3n) is 2.63. The number of aliphatic carboxylic acids is 1. The molecule has 0 saturated heterocycles. The van der Waals surface area contributed by atoms with E-state index < -0.39 is 29.0 Å². The highest BCUT2D eigenvalue weighted by Crippen LogP contribution is 2.28. The zero-order chi connectivity index (χ0) is 15.3. The molecule has 0 radical (unpaired) electrons. The van der Waals surface area contributed by atoms with Gasteiger partial charge in [0.05, 0.1) is 0 Å². The molecular formula is C12H21NO6. The largest absolute Gasteiger partial charge is 0.480 e. The fourth-order valence-electron chi connectivity index (χ4n) is 1.41. The highest BCUT2D eigenvalue weighted by Gasteiger charge is 2.45. The summed E-state index contributed by atoms with van der Waals surface area (Å²) < 4.78 is 4.85. The summed E-state index contributed by atoms with van der Waals surface area (Å²) in [6.07, 6.45) is -0.825. The van der Waals surface area contributed by atoms with Gasteiger partial charge in [-0.2, -0.15) is 0 Å². The first-order chi connectivity index (χ1) is 8.59. The van der Waals surface area contributed by atoms with Crippen molar-refractivity contribution in [1.82, 2.24) is 5.48 Å². The lowest BCUT2D eigenvalue weighted by Crippen LogP contribution is -2.44. The zero-order valence-electron chi connectivity index (χ0n) is 11.9. The van der Waals surface area contributed by atoms with Crippen molar-refractivity contribution in [2.24, 2.45) is 5.41 Å². The van der Waals surface area contributed by atoms with Crippen LogP contribution in [0.1, 0.15) is 47.5 Å². The molecule has 0 spiro atoms. The summed E-state index contributed by atoms with van der Waals surface area (Å²) in [5, 5.41) is 9.10. The Morgan fingerprint density at radius 1 is 1.11 bits per heavy atom. The molecule has 0 aromatic heterocycles. The zero-order valence-corrected chi connectivity index (χ0v) is 11.9. The van der Waals surface area contributed by atoms with E-state index in [0.29, 0.717) is 0 Å². The number of carboxylic acid groups (broad SMARTS) is 1. The summed E-state index contributed by atoms with van der Waals surface area (Å²) in [6.45, 7) is 8.06. The molecule has 0 fully saturated rings. The van der Waals surface area contributed by atoms with Gasteiger partial charge in [-0.25, -0.2) is 9.59 Å². The molecule has 0 rings (SSSR count). The number of hydrogen-bond donors (Lipinski definition) is 2. The van der Waals surface area contributed by atoms with Crippen molar-refractivity contribution in [2.45, 2.75) is 53.1 Å². The fraction of sp³-hybridized carbons (Fsp3) is 0.750. The second kappa shape index (κ2) is 6.40. The van der Waals surface area contributed by atoms with Gasteiger partial charge in [-0.15, -0.1) is 5.48 Å². The first-order valence-electron chi connectivity index (χ1n) is 6.02. The molecule has 0 heterocycles. The van der Waals surface area contributed by atoms with Crippen molar-refractivity contribution in [3.63, 3.8) is 0 Å². The average molecular weight is 275 g/mol. The van der Waals surface area contributed by atoms with Gasteiger partial charge in [-0.1, -0.05) is 13.8 Å². The van der Waals surface area contributed by atoms with Crippen LogP contribution >= 0.6 is 0 Å². The lowest BCUT2D eigenvalue weighted by atomic mass is 9.83. The van der Waals surface area contributed by atoms with Gasteiger partial charge in [0.15, 0.2) is 5.41 Å². The maximum absolute atomic E-state index is 11.8. The molecule has 0 aromatic rings. The number of hydrogen-bond acceptors (Lipinski definition) is 5. The number of carbonyl (C=O) groups is 3. The third-order valence-corrected chi connectivity index (χ3v) is 2.63. The number of ether oxygens (including phenoxy) is 1. The van der Waals surface area contributed by atoms with Crippen LogP contribution < -0.4 is 5.48 Å². The number of hydroxylamine groups is 1. The van der Waals surface area contributed by atoms with Gasteiger partial charge in [-0.3, -0.25) is 4.79 Å². The molecule has 0 saturated carbocycles. The Kier molecular flexibility index (Phi) is 5.80. The molecule has 0 aromatic carbocycles. The van der Waals surface area contributed by atoms with Crippen LogP contribution in [0.3, 0.4) is 0 Å². The number of carboxylic acids is 1.